The van der Waals surface area contributed by atoms with Crippen molar-refractivity contribution in [3.63, 3.8) is 0 Å². The van der Waals surface area contributed by atoms with Gasteiger partial charge in [0, 0.05) is 18.0 Å². The average molecular weight is 394 g/mol. The molecule has 0 bridgehead atoms. The summed E-state index contributed by atoms with van der Waals surface area (Å²) < 4.78 is 24.6. The number of nitrogens with two attached hydrogens (primary N) is 1. The Labute approximate surface area is 157 Å². The fraction of sp³-hybridized carbons (Fsp3) is 0.188. The van der Waals surface area contributed by atoms with E-state index in [1.165, 1.54) is 24.5 Å². The average Bonchev–Trinajstić information content (AvgIpc) is 3.06. The van der Waals surface area contributed by atoms with Crippen LogP contribution in [-0.4, -0.2) is 37.2 Å². The summed E-state index contributed by atoms with van der Waals surface area (Å²) in [5, 5.41) is 12.8. The number of rotatable bonds is 7. The van der Waals surface area contributed by atoms with Gasteiger partial charge in [-0.25, -0.2) is 14.4 Å². The van der Waals surface area contributed by atoms with Crippen LogP contribution in [0.3, 0.4) is 0 Å². The zero-order chi connectivity index (χ0) is 19.4. The molecule has 0 unspecified atom stereocenters. The number of aliphatic carboxylic acids is 1. The molecule has 0 amide bonds. The summed E-state index contributed by atoms with van der Waals surface area (Å²) in [6, 6.07) is 3.34. The minimum Gasteiger partial charge on any atom is -0.481 e. The molecule has 3 aromatic rings. The second-order valence-corrected chi connectivity index (χ2v) is 5.94. The number of hydrogen-bond acceptors (Lipinski definition) is 8. The molecule has 140 valence electrons. The molecule has 2 heterocycles. The smallest absolute Gasteiger partial charge is 0.322 e. The molecular formula is C16H13ClFN5O4. The molecule has 0 saturated carbocycles. The number of ether oxygens (including phenoxy) is 1. The van der Waals surface area contributed by atoms with Gasteiger partial charge < -0.3 is 20.1 Å². The van der Waals surface area contributed by atoms with Crippen molar-refractivity contribution < 1.29 is 23.6 Å². The van der Waals surface area contributed by atoms with E-state index in [1.54, 1.807) is 0 Å². The molecule has 27 heavy (non-hydrogen) atoms. The maximum atomic E-state index is 14.3. The first-order valence-electron chi connectivity index (χ1n) is 7.66. The van der Waals surface area contributed by atoms with Gasteiger partial charge >= 0.3 is 12.0 Å². The van der Waals surface area contributed by atoms with Gasteiger partial charge in [0.15, 0.2) is 11.6 Å². The van der Waals surface area contributed by atoms with Crippen LogP contribution in [0.25, 0.3) is 11.4 Å². The van der Waals surface area contributed by atoms with Crippen LogP contribution in [0.5, 0.6) is 11.8 Å². The molecule has 0 fully saturated rings. The maximum Gasteiger partial charge on any atom is 0.322 e. The summed E-state index contributed by atoms with van der Waals surface area (Å²) >= 11 is 5.68. The van der Waals surface area contributed by atoms with Crippen LogP contribution in [-0.2, 0) is 11.2 Å². The fourth-order valence-electron chi connectivity index (χ4n) is 2.15. The predicted octanol–water partition coefficient (Wildman–Crippen LogP) is 2.46. The highest BCUT2D eigenvalue weighted by molar-refractivity contribution is 6.30. The Bertz CT molecular complexity index is 950. The Morgan fingerprint density at radius 2 is 2.11 bits per heavy atom. The Morgan fingerprint density at radius 1 is 1.37 bits per heavy atom. The number of carboxylic acids is 1. The number of carboxylic acid groups (broad SMARTS) is 1. The Hall–Kier alpha value is -3.11. The maximum absolute atomic E-state index is 14.3. The van der Waals surface area contributed by atoms with E-state index in [4.69, 9.17) is 31.7 Å². The molecule has 1 atom stereocenters. The van der Waals surface area contributed by atoms with Gasteiger partial charge in [0.25, 0.3) is 0 Å². The summed E-state index contributed by atoms with van der Waals surface area (Å²) in [7, 11) is 0. The van der Waals surface area contributed by atoms with E-state index in [0.717, 1.165) is 6.07 Å². The highest BCUT2D eigenvalue weighted by Gasteiger charge is 2.16. The number of benzene rings is 1. The van der Waals surface area contributed by atoms with Crippen molar-refractivity contribution in [2.45, 2.75) is 18.9 Å². The minimum atomic E-state index is -1.02. The van der Waals surface area contributed by atoms with Gasteiger partial charge in [-0.1, -0.05) is 16.8 Å². The number of nitrogens with zero attached hydrogens (tertiary/aromatic N) is 4. The standard InChI is InChI=1S/C16H13ClFN5O4/c17-9-6-20-16(21-7-9)26-12-2-1-8(3-11(12)18)15-22-13(27-23-15)4-10(19)5-14(24)25/h1-3,6-7,10H,4-5,19H2,(H,24,25)/t10-/m1/s1. The van der Waals surface area contributed by atoms with E-state index in [2.05, 4.69) is 20.1 Å². The molecule has 0 aliphatic rings. The van der Waals surface area contributed by atoms with E-state index in [9.17, 15) is 9.18 Å². The molecule has 0 aliphatic heterocycles. The van der Waals surface area contributed by atoms with E-state index in [1.807, 2.05) is 0 Å². The normalized spacial score (nSPS) is 12.0. The van der Waals surface area contributed by atoms with Gasteiger partial charge in [0.1, 0.15) is 0 Å². The minimum absolute atomic E-state index is 0.0553. The van der Waals surface area contributed by atoms with Crippen molar-refractivity contribution in [1.29, 1.82) is 0 Å². The summed E-state index contributed by atoms with van der Waals surface area (Å²) in [4.78, 5) is 22.4. The summed E-state index contributed by atoms with van der Waals surface area (Å²) in [6.45, 7) is 0. The number of carbonyl (C=O) groups is 1. The summed E-state index contributed by atoms with van der Waals surface area (Å²) in [6.07, 6.45) is 2.51. The van der Waals surface area contributed by atoms with E-state index >= 15 is 0 Å². The lowest BCUT2D eigenvalue weighted by atomic mass is 10.1. The van der Waals surface area contributed by atoms with Gasteiger partial charge in [0.2, 0.25) is 11.7 Å². The number of halogens is 2. The van der Waals surface area contributed by atoms with E-state index < -0.39 is 17.8 Å². The van der Waals surface area contributed by atoms with E-state index in [0.29, 0.717) is 10.6 Å². The third-order valence-corrected chi connectivity index (χ3v) is 3.52. The summed E-state index contributed by atoms with van der Waals surface area (Å²) in [5.74, 6) is -1.49. The zero-order valence-electron chi connectivity index (χ0n) is 13.7. The lowest BCUT2D eigenvalue weighted by Gasteiger charge is -2.05. The second-order valence-electron chi connectivity index (χ2n) is 5.50. The van der Waals surface area contributed by atoms with Crippen molar-refractivity contribution in [2.24, 2.45) is 5.73 Å². The van der Waals surface area contributed by atoms with Gasteiger partial charge in [-0.15, -0.1) is 0 Å². The highest BCUT2D eigenvalue weighted by atomic mass is 35.5. The van der Waals surface area contributed by atoms with Gasteiger partial charge in [-0.3, -0.25) is 4.79 Å². The lowest BCUT2D eigenvalue weighted by molar-refractivity contribution is -0.137. The number of aromatic nitrogens is 4. The largest absolute Gasteiger partial charge is 0.481 e. The van der Waals surface area contributed by atoms with Crippen molar-refractivity contribution in [3.05, 3.63) is 47.3 Å². The van der Waals surface area contributed by atoms with Crippen LogP contribution >= 0.6 is 11.6 Å². The first-order valence-corrected chi connectivity index (χ1v) is 8.04. The molecule has 3 N–H and O–H groups in total. The molecule has 0 spiro atoms. The first kappa shape index (κ1) is 18.7. The molecule has 9 nitrogen and oxygen atoms in total. The van der Waals surface area contributed by atoms with Crippen LogP contribution < -0.4 is 10.5 Å². The monoisotopic (exact) mass is 393 g/mol. The molecule has 11 heteroatoms. The predicted molar refractivity (Wildman–Crippen MR) is 90.7 cm³/mol. The lowest BCUT2D eigenvalue weighted by Crippen LogP contribution is -2.26. The molecule has 3 rings (SSSR count). The SMILES string of the molecule is N[C@@H](CC(=O)O)Cc1nc(-c2ccc(Oc3ncc(Cl)cn3)c(F)c2)no1. The van der Waals surface area contributed by atoms with Crippen molar-refractivity contribution in [1.82, 2.24) is 20.1 Å². The summed E-state index contributed by atoms with van der Waals surface area (Å²) in [5.41, 5.74) is 6.02. The van der Waals surface area contributed by atoms with Crippen molar-refractivity contribution >= 4 is 17.6 Å². The van der Waals surface area contributed by atoms with Crippen LogP contribution in [0.1, 0.15) is 12.3 Å². The Morgan fingerprint density at radius 3 is 2.78 bits per heavy atom. The Kier molecular flexibility index (Phi) is 5.57. The quantitative estimate of drug-likeness (QED) is 0.619. The molecule has 1 aromatic carbocycles. The topological polar surface area (TPSA) is 137 Å². The third kappa shape index (κ3) is 4.96. The molecular weight excluding hydrogens is 381 g/mol. The molecule has 0 saturated heterocycles. The van der Waals surface area contributed by atoms with Gasteiger partial charge in [-0.2, -0.15) is 4.98 Å². The highest BCUT2D eigenvalue weighted by Crippen LogP contribution is 2.26. The van der Waals surface area contributed by atoms with Crippen molar-refractivity contribution in [2.75, 3.05) is 0 Å². The molecule has 0 aliphatic carbocycles. The zero-order valence-corrected chi connectivity index (χ0v) is 14.4. The molecule has 2 aromatic heterocycles. The Balaban J connectivity index is 1.72. The van der Waals surface area contributed by atoms with Gasteiger partial charge in [0.05, 0.1) is 23.8 Å². The second kappa shape index (κ2) is 8.06. The fourth-order valence-corrected chi connectivity index (χ4v) is 2.25. The van der Waals surface area contributed by atoms with E-state index in [-0.39, 0.29) is 36.3 Å². The van der Waals surface area contributed by atoms with Crippen LogP contribution in [0.2, 0.25) is 5.02 Å². The number of hydrogen-bond donors (Lipinski definition) is 2. The van der Waals surface area contributed by atoms with Crippen molar-refractivity contribution in [3.8, 4) is 23.1 Å². The van der Waals surface area contributed by atoms with Crippen LogP contribution in [0, 0.1) is 5.82 Å². The van der Waals surface area contributed by atoms with Crippen LogP contribution in [0.4, 0.5) is 4.39 Å². The van der Waals surface area contributed by atoms with Crippen LogP contribution in [0.15, 0.2) is 35.1 Å². The first-order chi connectivity index (χ1) is 12.9. The van der Waals surface area contributed by atoms with Gasteiger partial charge in [-0.05, 0) is 18.2 Å². The third-order valence-electron chi connectivity index (χ3n) is 3.33. The molecule has 0 radical (unpaired) electrons.